The van der Waals surface area contributed by atoms with E-state index in [4.69, 9.17) is 4.74 Å². The van der Waals surface area contributed by atoms with Gasteiger partial charge in [0.25, 0.3) is 0 Å². The number of likely N-dealkylation sites (N-methyl/N-ethyl adjacent to an activating group) is 1. The van der Waals surface area contributed by atoms with Crippen molar-refractivity contribution in [1.29, 1.82) is 0 Å². The van der Waals surface area contributed by atoms with Crippen molar-refractivity contribution >= 4 is 46.2 Å². The van der Waals surface area contributed by atoms with E-state index < -0.39 is 0 Å². The minimum atomic E-state index is -0.306. The molecule has 0 bridgehead atoms. The first-order valence-electron chi connectivity index (χ1n) is 13.2. The van der Waals surface area contributed by atoms with Crippen LogP contribution in [0.1, 0.15) is 40.5 Å². The summed E-state index contributed by atoms with van der Waals surface area (Å²) in [6.45, 7) is 8.00. The van der Waals surface area contributed by atoms with Gasteiger partial charge in [0, 0.05) is 16.8 Å². The molecule has 9 nitrogen and oxygen atoms in total. The summed E-state index contributed by atoms with van der Waals surface area (Å²) in [5, 5.41) is 19.1. The molecular weight excluding hydrogens is 524 g/mol. The summed E-state index contributed by atoms with van der Waals surface area (Å²) >= 11 is 1.33. The van der Waals surface area contributed by atoms with Crippen molar-refractivity contribution in [2.75, 3.05) is 29.5 Å². The fourth-order valence-corrected chi connectivity index (χ4v) is 3.63. The number of aromatic nitrogens is 2. The Hall–Kier alpha value is -4.02. The number of hydrogen-bond acceptors (Lipinski definition) is 9. The molecule has 0 radical (unpaired) electrons. The van der Waals surface area contributed by atoms with Crippen molar-refractivity contribution in [1.82, 2.24) is 15.3 Å². The Balaban J connectivity index is 0.00000131. The van der Waals surface area contributed by atoms with Gasteiger partial charge >= 0.3 is 0 Å². The van der Waals surface area contributed by atoms with Crippen LogP contribution in [0.15, 0.2) is 89.4 Å². The number of amides is 1. The molecule has 0 fully saturated rings. The predicted molar refractivity (Wildman–Crippen MR) is 167 cm³/mol. The van der Waals surface area contributed by atoms with Crippen molar-refractivity contribution in [2.45, 2.75) is 51.5 Å². The molecule has 1 atom stereocenters. The van der Waals surface area contributed by atoms with Gasteiger partial charge in [-0.25, -0.2) is 9.97 Å². The summed E-state index contributed by atoms with van der Waals surface area (Å²) in [6, 6.07) is 14.7. The number of nitrogens with one attached hydrogen (secondary N) is 4. The first-order valence-corrected chi connectivity index (χ1v) is 14.0. The Labute approximate surface area is 241 Å². The number of fused-ring (bicyclic) bond motifs is 1. The number of unbranched alkanes of at least 4 members (excludes halogenated alkanes) is 1. The van der Waals surface area contributed by atoms with E-state index in [-0.39, 0.29) is 17.7 Å². The van der Waals surface area contributed by atoms with Gasteiger partial charge < -0.3 is 30.5 Å². The normalized spacial score (nSPS) is 12.4. The molecule has 0 saturated heterocycles. The number of methoxy groups -OCH3 is 1. The lowest BCUT2D eigenvalue weighted by Gasteiger charge is -2.13. The summed E-state index contributed by atoms with van der Waals surface area (Å²) in [5.74, 6) is 1.41. The quantitative estimate of drug-likeness (QED) is 0.0897. The Kier molecular flexibility index (Phi) is 14.1. The average molecular weight is 565 g/mol. The number of carbonyl (C=O) groups excluding carboxylic acids is 1. The Morgan fingerprint density at radius 1 is 1.05 bits per heavy atom. The number of aliphatic hydroxyl groups excluding tert-OH is 1. The van der Waals surface area contributed by atoms with Gasteiger partial charge in [-0.2, -0.15) is 0 Å². The van der Waals surface area contributed by atoms with Crippen LogP contribution in [-0.2, 0) is 9.53 Å². The van der Waals surface area contributed by atoms with Gasteiger partial charge in [-0.1, -0.05) is 44.9 Å². The molecule has 2 aromatic carbocycles. The lowest BCUT2D eigenvalue weighted by Crippen LogP contribution is -2.35. The molecule has 0 saturated carbocycles. The SMILES string of the molecule is CCCC.C\C=C(/C=C\C(O)=C\Nc1nc2ccccc2nc1NSc1cccc(NC(=O)C(C)NC)c1)OC. The first-order chi connectivity index (χ1) is 19.3. The van der Waals surface area contributed by atoms with Gasteiger partial charge in [0.1, 0.15) is 11.5 Å². The summed E-state index contributed by atoms with van der Waals surface area (Å²) < 4.78 is 8.38. The van der Waals surface area contributed by atoms with E-state index in [0.29, 0.717) is 28.6 Å². The van der Waals surface area contributed by atoms with Crippen molar-refractivity contribution in [3.63, 3.8) is 0 Å². The highest BCUT2D eigenvalue weighted by Gasteiger charge is 2.12. The van der Waals surface area contributed by atoms with Crippen LogP contribution in [0.25, 0.3) is 11.0 Å². The predicted octanol–water partition coefficient (Wildman–Crippen LogP) is 7.02. The Bertz CT molecular complexity index is 1320. The van der Waals surface area contributed by atoms with E-state index >= 15 is 0 Å². The first kappa shape index (κ1) is 32.2. The number of ether oxygens (including phenoxy) is 1. The molecule has 0 aliphatic rings. The number of benzene rings is 2. The van der Waals surface area contributed by atoms with E-state index in [0.717, 1.165) is 10.4 Å². The highest BCUT2D eigenvalue weighted by Crippen LogP contribution is 2.28. The van der Waals surface area contributed by atoms with Crippen LogP contribution in [0.2, 0.25) is 0 Å². The molecule has 0 spiro atoms. The maximum Gasteiger partial charge on any atom is 0.241 e. The highest BCUT2D eigenvalue weighted by molar-refractivity contribution is 8.00. The largest absolute Gasteiger partial charge is 0.506 e. The van der Waals surface area contributed by atoms with Gasteiger partial charge in [-0.05, 0) is 81.4 Å². The molecule has 1 aromatic heterocycles. The van der Waals surface area contributed by atoms with Crippen LogP contribution in [0, 0.1) is 0 Å². The third-order valence-corrected chi connectivity index (χ3v) is 6.34. The standard InChI is InChI=1S/C26H30N6O3S.C4H10/c1-5-20(35-4)14-13-19(33)16-28-24-25(31-23-12-7-6-11-22(23)30-24)32-36-21-10-8-9-18(15-21)29-26(34)17(2)27-3;1-3-4-2/h5-17,27,33H,1-4H3,(H,28,30)(H,29,34)(H,31,32);3-4H2,1-2H3/b14-13-,19-16-,20-5+;. The lowest BCUT2D eigenvalue weighted by molar-refractivity contribution is -0.117. The second-order valence-corrected chi connectivity index (χ2v) is 9.46. The fraction of sp³-hybridized carbons (Fsp3) is 0.300. The highest BCUT2D eigenvalue weighted by atomic mass is 32.2. The van der Waals surface area contributed by atoms with Crippen LogP contribution < -0.4 is 20.7 Å². The molecule has 0 aliphatic heterocycles. The number of anilines is 3. The molecule has 1 heterocycles. The monoisotopic (exact) mass is 564 g/mol. The second kappa shape index (κ2) is 17.5. The number of hydrogen-bond donors (Lipinski definition) is 5. The third kappa shape index (κ3) is 10.6. The van der Waals surface area contributed by atoms with E-state index in [9.17, 15) is 9.90 Å². The second-order valence-electron chi connectivity index (χ2n) is 8.58. The third-order valence-electron chi connectivity index (χ3n) is 5.56. The van der Waals surface area contributed by atoms with Gasteiger partial charge in [0.05, 0.1) is 24.2 Å². The molecule has 1 unspecified atom stereocenters. The molecule has 40 heavy (non-hydrogen) atoms. The number of allylic oxidation sites excluding steroid dienone is 3. The van der Waals surface area contributed by atoms with Crippen LogP contribution in [0.5, 0.6) is 0 Å². The van der Waals surface area contributed by atoms with Gasteiger partial charge in [-0.3, -0.25) is 4.79 Å². The minimum absolute atomic E-state index is 0.0146. The summed E-state index contributed by atoms with van der Waals surface area (Å²) in [7, 11) is 3.30. The molecular formula is C30H40N6O3S. The average Bonchev–Trinajstić information content (AvgIpc) is 2.99. The van der Waals surface area contributed by atoms with E-state index in [1.165, 1.54) is 37.1 Å². The van der Waals surface area contributed by atoms with Crippen LogP contribution >= 0.6 is 11.9 Å². The summed E-state index contributed by atoms with van der Waals surface area (Å²) in [5.41, 5.74) is 2.12. The zero-order valence-electron chi connectivity index (χ0n) is 24.0. The molecule has 0 aliphatic carbocycles. The zero-order valence-corrected chi connectivity index (χ0v) is 24.8. The fourth-order valence-electron chi connectivity index (χ4n) is 2.94. The number of rotatable bonds is 12. The smallest absolute Gasteiger partial charge is 0.241 e. The molecule has 10 heteroatoms. The lowest BCUT2D eigenvalue weighted by atomic mass is 10.3. The Morgan fingerprint density at radius 3 is 2.33 bits per heavy atom. The van der Waals surface area contributed by atoms with Crippen molar-refractivity contribution < 1.29 is 14.6 Å². The van der Waals surface area contributed by atoms with Crippen LogP contribution in [0.3, 0.4) is 0 Å². The number of aliphatic hydroxyl groups is 1. The van der Waals surface area contributed by atoms with Gasteiger partial charge in [0.15, 0.2) is 11.6 Å². The molecule has 3 aromatic rings. The molecule has 1 amide bonds. The minimum Gasteiger partial charge on any atom is -0.506 e. The summed E-state index contributed by atoms with van der Waals surface area (Å²) in [6.07, 6.45) is 9.01. The van der Waals surface area contributed by atoms with E-state index in [1.54, 1.807) is 33.2 Å². The van der Waals surface area contributed by atoms with Gasteiger partial charge in [0.2, 0.25) is 5.91 Å². The van der Waals surface area contributed by atoms with Gasteiger partial charge in [-0.15, -0.1) is 0 Å². The molecule has 3 rings (SSSR count). The topological polar surface area (TPSA) is 120 Å². The zero-order chi connectivity index (χ0) is 29.3. The van der Waals surface area contributed by atoms with E-state index in [2.05, 4.69) is 44.5 Å². The van der Waals surface area contributed by atoms with Crippen molar-refractivity contribution in [2.24, 2.45) is 0 Å². The maximum absolute atomic E-state index is 12.2. The summed E-state index contributed by atoms with van der Waals surface area (Å²) in [4.78, 5) is 22.4. The number of carbonyl (C=O) groups is 1. The Morgan fingerprint density at radius 2 is 1.73 bits per heavy atom. The molecule has 214 valence electrons. The molecule has 5 N–H and O–H groups in total. The van der Waals surface area contributed by atoms with E-state index in [1.807, 2.05) is 55.5 Å². The number of para-hydroxylation sites is 2. The van der Waals surface area contributed by atoms with Crippen LogP contribution in [-0.4, -0.2) is 41.2 Å². The van der Waals surface area contributed by atoms with Crippen molar-refractivity contribution in [3.8, 4) is 0 Å². The maximum atomic E-state index is 12.2. The van der Waals surface area contributed by atoms with Crippen LogP contribution in [0.4, 0.5) is 17.3 Å². The van der Waals surface area contributed by atoms with Crippen molar-refractivity contribution in [3.05, 3.63) is 84.5 Å². The number of nitrogens with zero attached hydrogens (tertiary/aromatic N) is 2.